The molecule has 1 aliphatic rings. The number of aromatic nitrogens is 1. The number of hydrogen-bond donors (Lipinski definition) is 1. The predicted molar refractivity (Wildman–Crippen MR) is 112 cm³/mol. The molecule has 3 rings (SSSR count). The summed E-state index contributed by atoms with van der Waals surface area (Å²) in [5.74, 6) is -2.30. The van der Waals surface area contributed by atoms with Crippen LogP contribution in [0.4, 0.5) is 13.2 Å². The van der Waals surface area contributed by atoms with Gasteiger partial charge in [-0.15, -0.1) is 17.1 Å². The highest BCUT2D eigenvalue weighted by atomic mass is 32.2. The van der Waals surface area contributed by atoms with Crippen molar-refractivity contribution >= 4 is 43.2 Å². The molecule has 7 nitrogen and oxygen atoms in total. The van der Waals surface area contributed by atoms with Gasteiger partial charge in [-0.25, -0.2) is 9.78 Å². The zero-order valence-corrected chi connectivity index (χ0v) is 18.9. The predicted octanol–water partition coefficient (Wildman–Crippen LogP) is 4.88. The zero-order valence-electron chi connectivity index (χ0n) is 17.3. The Morgan fingerprint density at radius 1 is 1.28 bits per heavy atom. The second-order valence-corrected chi connectivity index (χ2v) is 10.4. The molecule has 1 unspecified atom stereocenters. The maximum absolute atomic E-state index is 13.1. The van der Waals surface area contributed by atoms with Crippen LogP contribution in [0.2, 0.25) is 0 Å². The van der Waals surface area contributed by atoms with Gasteiger partial charge in [0.2, 0.25) is 0 Å². The third-order valence-corrected chi connectivity index (χ3v) is 6.20. The fraction of sp³-hybridized carbons (Fsp3) is 0.350. The van der Waals surface area contributed by atoms with Gasteiger partial charge in [0, 0.05) is 5.56 Å². The normalized spacial score (nSPS) is 15.3. The third-order valence-electron chi connectivity index (χ3n) is 4.15. The SMILES string of the molecule is Cc1cc2nc(C3=C=CC=C3)sc2c(OS(=O)(=O)C(F)(F)F)c1C(OC(C)(C)C)C(=O)O. The summed E-state index contributed by atoms with van der Waals surface area (Å²) in [5, 5.41) is 10.1. The molecule has 1 atom stereocenters. The lowest BCUT2D eigenvalue weighted by Crippen LogP contribution is -2.31. The van der Waals surface area contributed by atoms with E-state index in [4.69, 9.17) is 4.74 Å². The second-order valence-electron chi connectivity index (χ2n) is 7.82. The number of fused-ring (bicyclic) bond motifs is 1. The summed E-state index contributed by atoms with van der Waals surface area (Å²) in [6.45, 7) is 6.08. The summed E-state index contributed by atoms with van der Waals surface area (Å²) in [6.07, 6.45) is 3.16. The Morgan fingerprint density at radius 3 is 2.44 bits per heavy atom. The molecule has 0 radical (unpaired) electrons. The molecule has 2 aromatic rings. The number of ether oxygens (including phenoxy) is 1. The lowest BCUT2D eigenvalue weighted by molar-refractivity contribution is -0.160. The van der Waals surface area contributed by atoms with Crippen molar-refractivity contribution in [2.75, 3.05) is 0 Å². The van der Waals surface area contributed by atoms with Crippen LogP contribution in [0.5, 0.6) is 5.75 Å². The van der Waals surface area contributed by atoms with Gasteiger partial charge in [0.25, 0.3) is 0 Å². The molecule has 172 valence electrons. The quantitative estimate of drug-likeness (QED) is 0.350. The molecule has 12 heteroatoms. The van der Waals surface area contributed by atoms with E-state index in [2.05, 4.69) is 14.9 Å². The minimum absolute atomic E-state index is 0.0632. The fourth-order valence-electron chi connectivity index (χ4n) is 2.91. The van der Waals surface area contributed by atoms with Crippen LogP contribution < -0.4 is 4.18 Å². The van der Waals surface area contributed by atoms with E-state index < -0.39 is 39.1 Å². The Balaban J connectivity index is 2.34. The summed E-state index contributed by atoms with van der Waals surface area (Å²) in [6, 6.07) is 1.45. The number of hydrogen-bond acceptors (Lipinski definition) is 7. The number of rotatable bonds is 6. The number of carboxylic acids is 1. The minimum Gasteiger partial charge on any atom is -0.479 e. The molecular formula is C20H18F3NO6S2. The number of halogens is 3. The molecule has 0 amide bonds. The first-order chi connectivity index (χ1) is 14.6. The van der Waals surface area contributed by atoms with Crippen molar-refractivity contribution in [3.63, 3.8) is 0 Å². The molecule has 0 fully saturated rings. The van der Waals surface area contributed by atoms with Crippen LogP contribution in [-0.4, -0.2) is 35.6 Å². The van der Waals surface area contributed by atoms with Gasteiger partial charge in [-0.3, -0.25) is 0 Å². The van der Waals surface area contributed by atoms with Gasteiger partial charge in [0.1, 0.15) is 5.01 Å². The number of carbonyl (C=O) groups is 1. The molecule has 1 heterocycles. The number of allylic oxidation sites excluding steroid dienone is 3. The lowest BCUT2D eigenvalue weighted by Gasteiger charge is -2.27. The largest absolute Gasteiger partial charge is 0.534 e. The monoisotopic (exact) mass is 489 g/mol. The molecule has 1 aliphatic carbocycles. The smallest absolute Gasteiger partial charge is 0.479 e. The number of carboxylic acid groups (broad SMARTS) is 1. The van der Waals surface area contributed by atoms with E-state index in [9.17, 15) is 31.5 Å². The fourth-order valence-corrected chi connectivity index (χ4v) is 4.47. The van der Waals surface area contributed by atoms with E-state index in [1.54, 1.807) is 39.0 Å². The van der Waals surface area contributed by atoms with Crippen molar-refractivity contribution in [2.24, 2.45) is 0 Å². The van der Waals surface area contributed by atoms with E-state index in [1.165, 1.54) is 13.0 Å². The van der Waals surface area contributed by atoms with Crippen molar-refractivity contribution < 1.29 is 40.4 Å². The number of alkyl halides is 3. The summed E-state index contributed by atoms with van der Waals surface area (Å²) >= 11 is 0.855. The summed E-state index contributed by atoms with van der Waals surface area (Å²) in [4.78, 5) is 16.3. The molecule has 1 aromatic carbocycles. The van der Waals surface area contributed by atoms with E-state index in [-0.39, 0.29) is 21.3 Å². The number of thiazole rings is 1. The van der Waals surface area contributed by atoms with Gasteiger partial charge in [0.05, 0.1) is 21.4 Å². The topological polar surface area (TPSA) is 103 Å². The second kappa shape index (κ2) is 8.04. The molecule has 0 aliphatic heterocycles. The maximum Gasteiger partial charge on any atom is 0.534 e. The minimum atomic E-state index is -6.11. The van der Waals surface area contributed by atoms with E-state index in [0.29, 0.717) is 10.6 Å². The molecular weight excluding hydrogens is 471 g/mol. The Morgan fingerprint density at radius 2 is 1.94 bits per heavy atom. The number of aliphatic carboxylic acids is 1. The summed E-state index contributed by atoms with van der Waals surface area (Å²) in [7, 11) is -6.11. The van der Waals surface area contributed by atoms with Gasteiger partial charge in [-0.05, 0) is 51.5 Å². The van der Waals surface area contributed by atoms with Crippen molar-refractivity contribution in [2.45, 2.75) is 44.9 Å². The van der Waals surface area contributed by atoms with Gasteiger partial charge in [-0.1, -0.05) is 6.08 Å². The van der Waals surface area contributed by atoms with Crippen LogP contribution in [0.1, 0.15) is 43.0 Å². The van der Waals surface area contributed by atoms with Gasteiger partial charge in [-0.2, -0.15) is 21.6 Å². The first kappa shape index (κ1) is 24.0. The van der Waals surface area contributed by atoms with Gasteiger partial charge >= 0.3 is 21.6 Å². The number of benzene rings is 1. The van der Waals surface area contributed by atoms with Gasteiger partial charge in [0.15, 0.2) is 11.9 Å². The standard InChI is InChI=1S/C20H18F3NO6S2/c1-10-9-12-16(31-17(24-12)11-7-5-6-8-11)14(30-32(27,28)20(21,22)23)13(10)15(18(25)26)29-19(2,3)4/h5-7,9,15H,1-4H3,(H,25,26). The van der Waals surface area contributed by atoms with Crippen LogP contribution in [0.3, 0.4) is 0 Å². The van der Waals surface area contributed by atoms with Crippen molar-refractivity contribution in [1.82, 2.24) is 4.98 Å². The molecule has 1 aromatic heterocycles. The molecule has 1 N–H and O–H groups in total. The summed E-state index contributed by atoms with van der Waals surface area (Å²) < 4.78 is 73.2. The molecule has 0 saturated heterocycles. The average Bonchev–Trinajstić information content (AvgIpc) is 3.27. The first-order valence-corrected chi connectivity index (χ1v) is 11.3. The maximum atomic E-state index is 13.1. The molecule has 0 spiro atoms. The third kappa shape index (κ3) is 4.73. The Bertz CT molecular complexity index is 1290. The highest BCUT2D eigenvalue weighted by molar-refractivity contribution is 7.88. The number of nitrogens with zero attached hydrogens (tertiary/aromatic N) is 1. The highest BCUT2D eigenvalue weighted by Gasteiger charge is 2.49. The molecule has 0 saturated carbocycles. The van der Waals surface area contributed by atoms with Crippen molar-refractivity contribution in [3.8, 4) is 5.75 Å². The van der Waals surface area contributed by atoms with Crippen LogP contribution in [-0.2, 0) is 19.6 Å². The molecule has 32 heavy (non-hydrogen) atoms. The lowest BCUT2D eigenvalue weighted by atomic mass is 10.0. The molecule has 0 bridgehead atoms. The average molecular weight is 489 g/mol. The van der Waals surface area contributed by atoms with E-state index in [0.717, 1.165) is 11.3 Å². The van der Waals surface area contributed by atoms with E-state index >= 15 is 0 Å². The van der Waals surface area contributed by atoms with Crippen LogP contribution in [0.15, 0.2) is 30.0 Å². The number of aryl methyl sites for hydroxylation is 1. The zero-order chi connectivity index (χ0) is 24.1. The van der Waals surface area contributed by atoms with Crippen LogP contribution >= 0.6 is 11.3 Å². The Labute approximate surface area is 185 Å². The van der Waals surface area contributed by atoms with Crippen molar-refractivity contribution in [1.29, 1.82) is 0 Å². The first-order valence-electron chi connectivity index (χ1n) is 9.10. The van der Waals surface area contributed by atoms with Crippen LogP contribution in [0, 0.1) is 6.92 Å². The summed E-state index contributed by atoms with van der Waals surface area (Å²) in [5.41, 5.74) is -3.36. The Kier molecular flexibility index (Phi) is 6.03. The van der Waals surface area contributed by atoms with Gasteiger partial charge < -0.3 is 14.0 Å². The highest BCUT2D eigenvalue weighted by Crippen LogP contribution is 2.44. The Hall–Kier alpha value is -2.66. The van der Waals surface area contributed by atoms with E-state index in [1.807, 2.05) is 0 Å². The van der Waals surface area contributed by atoms with Crippen molar-refractivity contribution in [3.05, 3.63) is 46.2 Å². The van der Waals surface area contributed by atoms with Crippen LogP contribution in [0.25, 0.3) is 15.8 Å².